The number of nitrogen functional groups attached to an aromatic ring is 1. The lowest BCUT2D eigenvalue weighted by Crippen LogP contribution is -2.02. The number of rotatable bonds is 2. The number of H-pyrrole nitrogens is 1. The van der Waals surface area contributed by atoms with E-state index in [1.165, 1.54) is 24.4 Å². The highest BCUT2D eigenvalue weighted by Crippen LogP contribution is 2.38. The Labute approximate surface area is 123 Å². The minimum atomic E-state index is -0.625. The van der Waals surface area contributed by atoms with Gasteiger partial charge < -0.3 is 15.2 Å². The van der Waals surface area contributed by atoms with Crippen LogP contribution in [0, 0.1) is 5.82 Å². The Morgan fingerprint density at radius 1 is 1.33 bits per heavy atom. The number of benzene rings is 1. The number of nitrogens with one attached hydrogen (secondary N) is 1. The molecular weight excluding hydrogens is 297 g/mol. The molecule has 0 aliphatic heterocycles. The highest BCUT2D eigenvalue weighted by atomic mass is 35.5. The van der Waals surface area contributed by atoms with E-state index in [1.807, 2.05) is 0 Å². The highest BCUT2D eigenvalue weighted by Gasteiger charge is 2.21. The van der Waals surface area contributed by atoms with Crippen molar-refractivity contribution < 1.29 is 8.91 Å². The summed E-state index contributed by atoms with van der Waals surface area (Å²) in [7, 11) is 0. The molecule has 0 radical (unpaired) electrons. The first-order chi connectivity index (χ1) is 10.1. The molecule has 0 unspecified atom stereocenters. The Bertz CT molecular complexity index is 873. The van der Waals surface area contributed by atoms with Crippen molar-refractivity contribution in [1.82, 2.24) is 10.1 Å². The maximum atomic E-state index is 14.2. The monoisotopic (exact) mass is 305 g/mol. The van der Waals surface area contributed by atoms with Crippen LogP contribution in [-0.2, 0) is 0 Å². The number of halogens is 2. The molecule has 3 N–H and O–H groups in total. The molecule has 2 aromatic heterocycles. The second-order valence-corrected chi connectivity index (χ2v) is 4.72. The van der Waals surface area contributed by atoms with E-state index in [-0.39, 0.29) is 33.3 Å². The molecule has 0 saturated carbocycles. The fourth-order valence-electron chi connectivity index (χ4n) is 2.05. The van der Waals surface area contributed by atoms with Crippen molar-refractivity contribution in [2.45, 2.75) is 0 Å². The van der Waals surface area contributed by atoms with Crippen LogP contribution in [0.1, 0.15) is 0 Å². The van der Waals surface area contributed by atoms with Crippen molar-refractivity contribution in [3.8, 4) is 22.4 Å². The third kappa shape index (κ3) is 2.30. The molecule has 0 bridgehead atoms. The predicted molar refractivity (Wildman–Crippen MR) is 77.4 cm³/mol. The number of aromatic amines is 1. The molecule has 1 aromatic carbocycles. The van der Waals surface area contributed by atoms with Gasteiger partial charge in [0.05, 0.1) is 10.6 Å². The van der Waals surface area contributed by atoms with Crippen LogP contribution in [0.3, 0.4) is 0 Å². The number of aromatic nitrogens is 2. The van der Waals surface area contributed by atoms with Gasteiger partial charge in [0.15, 0.2) is 0 Å². The Kier molecular flexibility index (Phi) is 3.23. The van der Waals surface area contributed by atoms with Crippen LogP contribution >= 0.6 is 11.6 Å². The molecule has 0 aliphatic rings. The number of hydrogen-bond donors (Lipinski definition) is 2. The molecule has 3 rings (SSSR count). The molecule has 0 amide bonds. The van der Waals surface area contributed by atoms with Crippen molar-refractivity contribution in [1.29, 1.82) is 0 Å². The Morgan fingerprint density at radius 3 is 2.90 bits per heavy atom. The standard InChI is InChI=1S/C14H9ClFN3O2/c15-9-3-1-2-8(12(9)16)11-13(19-21-14(11)17)7-4-5-18-10(20)6-7/h1-6H,17H2,(H,18,20). The zero-order valence-corrected chi connectivity index (χ0v) is 11.3. The molecule has 106 valence electrons. The van der Waals surface area contributed by atoms with E-state index >= 15 is 0 Å². The summed E-state index contributed by atoms with van der Waals surface area (Å²) in [6.07, 6.45) is 1.46. The predicted octanol–water partition coefficient (Wildman–Crippen LogP) is 3.07. The van der Waals surface area contributed by atoms with Gasteiger partial charge in [0.1, 0.15) is 11.5 Å². The first-order valence-corrected chi connectivity index (χ1v) is 6.34. The third-order valence-corrected chi connectivity index (χ3v) is 3.28. The topological polar surface area (TPSA) is 84.9 Å². The van der Waals surface area contributed by atoms with Gasteiger partial charge >= 0.3 is 0 Å². The van der Waals surface area contributed by atoms with Gasteiger partial charge in [0.2, 0.25) is 11.4 Å². The molecule has 21 heavy (non-hydrogen) atoms. The van der Waals surface area contributed by atoms with E-state index in [9.17, 15) is 9.18 Å². The molecule has 0 aliphatic carbocycles. The minimum Gasteiger partial charge on any atom is -0.367 e. The summed E-state index contributed by atoms with van der Waals surface area (Å²) < 4.78 is 19.1. The fraction of sp³-hybridized carbons (Fsp3) is 0. The van der Waals surface area contributed by atoms with Crippen LogP contribution in [0.2, 0.25) is 5.02 Å². The second kappa shape index (κ2) is 5.06. The van der Waals surface area contributed by atoms with Crippen LogP contribution in [0.4, 0.5) is 10.3 Å². The average Bonchev–Trinajstić information content (AvgIpc) is 2.84. The lowest BCUT2D eigenvalue weighted by atomic mass is 10.0. The van der Waals surface area contributed by atoms with Crippen LogP contribution in [0.5, 0.6) is 0 Å². The van der Waals surface area contributed by atoms with Crippen molar-refractivity contribution in [3.05, 3.63) is 57.7 Å². The highest BCUT2D eigenvalue weighted by molar-refractivity contribution is 6.31. The number of nitrogens with two attached hydrogens (primary N) is 1. The Balaban J connectivity index is 2.27. The maximum Gasteiger partial charge on any atom is 0.248 e. The summed E-state index contributed by atoms with van der Waals surface area (Å²) >= 11 is 5.78. The van der Waals surface area contributed by atoms with Gasteiger partial charge in [-0.3, -0.25) is 4.79 Å². The van der Waals surface area contributed by atoms with Crippen molar-refractivity contribution in [2.24, 2.45) is 0 Å². The average molecular weight is 306 g/mol. The van der Waals surface area contributed by atoms with Gasteiger partial charge in [-0.1, -0.05) is 28.9 Å². The van der Waals surface area contributed by atoms with Crippen LogP contribution < -0.4 is 11.3 Å². The first-order valence-electron chi connectivity index (χ1n) is 5.96. The summed E-state index contributed by atoms with van der Waals surface area (Å²) in [6.45, 7) is 0. The molecular formula is C14H9ClFN3O2. The molecule has 0 saturated heterocycles. The summed E-state index contributed by atoms with van der Waals surface area (Å²) in [6, 6.07) is 7.47. The van der Waals surface area contributed by atoms with Gasteiger partial charge in [-0.25, -0.2) is 4.39 Å². The second-order valence-electron chi connectivity index (χ2n) is 4.31. The number of pyridine rings is 1. The molecule has 0 fully saturated rings. The lowest BCUT2D eigenvalue weighted by molar-refractivity contribution is 0.439. The number of hydrogen-bond acceptors (Lipinski definition) is 4. The molecule has 2 heterocycles. The number of nitrogens with zero attached hydrogens (tertiary/aromatic N) is 1. The van der Waals surface area contributed by atoms with Crippen LogP contribution in [0.25, 0.3) is 22.4 Å². The van der Waals surface area contributed by atoms with Crippen molar-refractivity contribution in [2.75, 3.05) is 5.73 Å². The smallest absolute Gasteiger partial charge is 0.248 e. The fourth-order valence-corrected chi connectivity index (χ4v) is 2.22. The van der Waals surface area contributed by atoms with E-state index in [0.717, 1.165) is 0 Å². The van der Waals surface area contributed by atoms with Crippen molar-refractivity contribution in [3.63, 3.8) is 0 Å². The van der Waals surface area contributed by atoms with Gasteiger partial charge in [0, 0.05) is 23.4 Å². The van der Waals surface area contributed by atoms with E-state index < -0.39 is 5.82 Å². The van der Waals surface area contributed by atoms with Gasteiger partial charge in [-0.2, -0.15) is 0 Å². The molecule has 3 aromatic rings. The van der Waals surface area contributed by atoms with Gasteiger partial charge in [-0.15, -0.1) is 0 Å². The molecule has 5 nitrogen and oxygen atoms in total. The zero-order valence-electron chi connectivity index (χ0n) is 10.6. The maximum absolute atomic E-state index is 14.2. The summed E-state index contributed by atoms with van der Waals surface area (Å²) in [5.74, 6) is -0.674. The lowest BCUT2D eigenvalue weighted by Gasteiger charge is -2.05. The summed E-state index contributed by atoms with van der Waals surface area (Å²) in [4.78, 5) is 13.9. The van der Waals surface area contributed by atoms with Gasteiger partial charge in [0.25, 0.3) is 0 Å². The normalized spacial score (nSPS) is 10.8. The SMILES string of the molecule is Nc1onc(-c2cc[nH]c(=O)c2)c1-c1cccc(Cl)c1F. The van der Waals surface area contributed by atoms with Gasteiger partial charge in [-0.05, 0) is 12.1 Å². The zero-order chi connectivity index (χ0) is 15.0. The summed E-state index contributed by atoms with van der Waals surface area (Å²) in [5.41, 5.74) is 6.60. The van der Waals surface area contributed by atoms with E-state index in [0.29, 0.717) is 5.56 Å². The summed E-state index contributed by atoms with van der Waals surface area (Å²) in [5, 5.41) is 3.77. The number of anilines is 1. The van der Waals surface area contributed by atoms with E-state index in [1.54, 1.807) is 12.1 Å². The minimum absolute atomic E-state index is 0.0371. The third-order valence-electron chi connectivity index (χ3n) is 2.99. The van der Waals surface area contributed by atoms with Crippen LogP contribution in [-0.4, -0.2) is 10.1 Å². The first kappa shape index (κ1) is 13.4. The van der Waals surface area contributed by atoms with E-state index in [4.69, 9.17) is 21.9 Å². The molecule has 0 atom stereocenters. The molecule has 7 heteroatoms. The molecule has 0 spiro atoms. The quantitative estimate of drug-likeness (QED) is 0.762. The Morgan fingerprint density at radius 2 is 2.14 bits per heavy atom. The Hall–Kier alpha value is -2.60. The van der Waals surface area contributed by atoms with Crippen LogP contribution in [0.15, 0.2) is 45.8 Å². The largest absolute Gasteiger partial charge is 0.367 e. The van der Waals surface area contributed by atoms with Crippen molar-refractivity contribution >= 4 is 17.5 Å². The van der Waals surface area contributed by atoms with E-state index in [2.05, 4.69) is 10.1 Å².